The minimum absolute atomic E-state index is 1.07. The van der Waals surface area contributed by atoms with Crippen LogP contribution < -0.4 is 10.6 Å². The predicted molar refractivity (Wildman–Crippen MR) is 57.4 cm³/mol. The first kappa shape index (κ1) is 8.42. The van der Waals surface area contributed by atoms with E-state index in [1.165, 1.54) is 23.4 Å². The molecular formula is C11H16N2. The number of hydrogen-bond donors (Lipinski definition) is 2. The van der Waals surface area contributed by atoms with Gasteiger partial charge in [0.1, 0.15) is 0 Å². The molecule has 0 atom stereocenters. The van der Waals surface area contributed by atoms with Crippen molar-refractivity contribution >= 4 is 11.4 Å². The second-order valence-corrected chi connectivity index (χ2v) is 3.44. The second kappa shape index (κ2) is 3.69. The Hall–Kier alpha value is -1.18. The first-order valence-corrected chi connectivity index (χ1v) is 5.01. The van der Waals surface area contributed by atoms with Crippen LogP contribution >= 0.6 is 0 Å². The lowest BCUT2D eigenvalue weighted by Crippen LogP contribution is -2.01. The molecule has 0 unspecified atom stereocenters. The van der Waals surface area contributed by atoms with E-state index in [4.69, 9.17) is 0 Å². The van der Waals surface area contributed by atoms with Crippen LogP contribution in [0.15, 0.2) is 18.2 Å². The fraction of sp³-hybridized carbons (Fsp3) is 0.455. The highest BCUT2D eigenvalue weighted by Gasteiger charge is 2.12. The van der Waals surface area contributed by atoms with Crippen molar-refractivity contribution in [3.8, 4) is 0 Å². The Kier molecular flexibility index (Phi) is 2.39. The summed E-state index contributed by atoms with van der Waals surface area (Å²) in [4.78, 5) is 0. The third-order valence-electron chi connectivity index (χ3n) is 2.43. The van der Waals surface area contributed by atoms with Crippen LogP contribution in [0.5, 0.6) is 0 Å². The quantitative estimate of drug-likeness (QED) is 0.739. The van der Waals surface area contributed by atoms with Gasteiger partial charge in [-0.3, -0.25) is 0 Å². The maximum atomic E-state index is 3.45. The molecule has 2 nitrogen and oxygen atoms in total. The van der Waals surface area contributed by atoms with Crippen LogP contribution in [0.1, 0.15) is 18.9 Å². The Bertz CT molecular complexity index is 294. The summed E-state index contributed by atoms with van der Waals surface area (Å²) >= 11 is 0. The van der Waals surface area contributed by atoms with E-state index in [0.29, 0.717) is 0 Å². The van der Waals surface area contributed by atoms with Crippen LogP contribution in [-0.4, -0.2) is 13.1 Å². The van der Waals surface area contributed by atoms with Crippen LogP contribution in [0.2, 0.25) is 0 Å². The molecule has 13 heavy (non-hydrogen) atoms. The SMILES string of the molecule is CCCNc1cccc2c1CCN2. The summed E-state index contributed by atoms with van der Waals surface area (Å²) in [5.74, 6) is 0. The van der Waals surface area contributed by atoms with Crippen molar-refractivity contribution in [3.05, 3.63) is 23.8 Å². The largest absolute Gasteiger partial charge is 0.385 e. The summed E-state index contributed by atoms with van der Waals surface area (Å²) in [5.41, 5.74) is 4.07. The maximum Gasteiger partial charge on any atom is 0.0394 e. The number of anilines is 2. The molecule has 2 rings (SSSR count). The highest BCUT2D eigenvalue weighted by Crippen LogP contribution is 2.28. The van der Waals surface area contributed by atoms with Gasteiger partial charge in [0.2, 0.25) is 0 Å². The summed E-state index contributed by atoms with van der Waals surface area (Å²) in [6.07, 6.45) is 2.33. The molecule has 2 N–H and O–H groups in total. The Morgan fingerprint density at radius 3 is 3.23 bits per heavy atom. The van der Waals surface area contributed by atoms with E-state index in [2.05, 4.69) is 35.8 Å². The van der Waals surface area contributed by atoms with Gasteiger partial charge < -0.3 is 10.6 Å². The van der Waals surface area contributed by atoms with Gasteiger partial charge in [-0.05, 0) is 25.0 Å². The van der Waals surface area contributed by atoms with E-state index >= 15 is 0 Å². The molecular weight excluding hydrogens is 160 g/mol. The fourth-order valence-electron chi connectivity index (χ4n) is 1.77. The minimum Gasteiger partial charge on any atom is -0.385 e. The average molecular weight is 176 g/mol. The normalized spacial score (nSPS) is 13.6. The molecule has 1 aliphatic heterocycles. The van der Waals surface area contributed by atoms with Gasteiger partial charge in [0.15, 0.2) is 0 Å². The smallest absolute Gasteiger partial charge is 0.0394 e. The van der Waals surface area contributed by atoms with Crippen molar-refractivity contribution in [3.63, 3.8) is 0 Å². The first-order valence-electron chi connectivity index (χ1n) is 5.01. The van der Waals surface area contributed by atoms with Crippen molar-refractivity contribution < 1.29 is 0 Å². The van der Waals surface area contributed by atoms with Crippen LogP contribution in [0, 0.1) is 0 Å². The van der Waals surface area contributed by atoms with Crippen LogP contribution in [-0.2, 0) is 6.42 Å². The molecule has 0 saturated heterocycles. The highest BCUT2D eigenvalue weighted by molar-refractivity contribution is 5.68. The topological polar surface area (TPSA) is 24.1 Å². The van der Waals surface area contributed by atoms with Gasteiger partial charge in [0, 0.05) is 30.0 Å². The summed E-state index contributed by atoms with van der Waals surface area (Å²) in [6, 6.07) is 6.43. The zero-order chi connectivity index (χ0) is 9.10. The first-order chi connectivity index (χ1) is 6.42. The van der Waals surface area contributed by atoms with E-state index in [1.54, 1.807) is 0 Å². The van der Waals surface area contributed by atoms with E-state index < -0.39 is 0 Å². The third kappa shape index (κ3) is 1.62. The van der Waals surface area contributed by atoms with Gasteiger partial charge in [0.25, 0.3) is 0 Å². The second-order valence-electron chi connectivity index (χ2n) is 3.44. The van der Waals surface area contributed by atoms with E-state index in [1.807, 2.05) is 0 Å². The standard InChI is InChI=1S/C11H16N2/c1-2-7-12-10-4-3-5-11-9(10)6-8-13-11/h3-5,12-13H,2,6-8H2,1H3. The molecule has 1 aromatic carbocycles. The lowest BCUT2D eigenvalue weighted by Gasteiger charge is -2.09. The van der Waals surface area contributed by atoms with Gasteiger partial charge in [-0.1, -0.05) is 13.0 Å². The molecule has 0 aliphatic carbocycles. The Labute approximate surface area is 79.4 Å². The van der Waals surface area contributed by atoms with Crippen molar-refractivity contribution in [2.45, 2.75) is 19.8 Å². The Morgan fingerprint density at radius 2 is 2.38 bits per heavy atom. The zero-order valence-electron chi connectivity index (χ0n) is 8.06. The molecule has 0 amide bonds. The molecule has 1 aliphatic rings. The van der Waals surface area contributed by atoms with Crippen LogP contribution in [0.3, 0.4) is 0 Å². The van der Waals surface area contributed by atoms with E-state index in [9.17, 15) is 0 Å². The minimum atomic E-state index is 1.07. The number of benzene rings is 1. The summed E-state index contributed by atoms with van der Waals surface area (Å²) in [7, 11) is 0. The molecule has 0 saturated carbocycles. The molecule has 1 aromatic rings. The van der Waals surface area contributed by atoms with E-state index in [-0.39, 0.29) is 0 Å². The van der Waals surface area contributed by atoms with Crippen molar-refractivity contribution in [2.75, 3.05) is 23.7 Å². The molecule has 0 radical (unpaired) electrons. The average Bonchev–Trinajstić information content (AvgIpc) is 2.62. The molecule has 0 aromatic heterocycles. The lowest BCUT2D eigenvalue weighted by atomic mass is 10.1. The highest BCUT2D eigenvalue weighted by atomic mass is 14.9. The molecule has 2 heteroatoms. The fourth-order valence-corrected chi connectivity index (χ4v) is 1.77. The van der Waals surface area contributed by atoms with Gasteiger partial charge in [-0.25, -0.2) is 0 Å². The number of fused-ring (bicyclic) bond motifs is 1. The van der Waals surface area contributed by atoms with Gasteiger partial charge in [-0.2, -0.15) is 0 Å². The molecule has 1 heterocycles. The van der Waals surface area contributed by atoms with Crippen molar-refractivity contribution in [1.29, 1.82) is 0 Å². The third-order valence-corrected chi connectivity index (χ3v) is 2.43. The van der Waals surface area contributed by atoms with Gasteiger partial charge >= 0.3 is 0 Å². The van der Waals surface area contributed by atoms with Crippen molar-refractivity contribution in [2.24, 2.45) is 0 Å². The lowest BCUT2D eigenvalue weighted by molar-refractivity contribution is 0.974. The summed E-state index contributed by atoms with van der Waals surface area (Å²) in [5, 5.41) is 6.83. The number of nitrogens with one attached hydrogen (secondary N) is 2. The van der Waals surface area contributed by atoms with Gasteiger partial charge in [0.05, 0.1) is 0 Å². The number of rotatable bonds is 3. The van der Waals surface area contributed by atoms with Gasteiger partial charge in [-0.15, -0.1) is 0 Å². The molecule has 70 valence electrons. The summed E-state index contributed by atoms with van der Waals surface area (Å²) < 4.78 is 0. The van der Waals surface area contributed by atoms with Crippen LogP contribution in [0.25, 0.3) is 0 Å². The van der Waals surface area contributed by atoms with Crippen LogP contribution in [0.4, 0.5) is 11.4 Å². The Morgan fingerprint density at radius 1 is 1.46 bits per heavy atom. The Balaban J connectivity index is 2.20. The molecule has 0 bridgehead atoms. The molecule has 0 spiro atoms. The monoisotopic (exact) mass is 176 g/mol. The number of hydrogen-bond acceptors (Lipinski definition) is 2. The maximum absolute atomic E-state index is 3.45. The van der Waals surface area contributed by atoms with E-state index in [0.717, 1.165) is 19.5 Å². The zero-order valence-corrected chi connectivity index (χ0v) is 8.06. The predicted octanol–water partition coefficient (Wildman–Crippen LogP) is 2.48. The van der Waals surface area contributed by atoms with Crippen molar-refractivity contribution in [1.82, 2.24) is 0 Å². The molecule has 0 fully saturated rings. The summed E-state index contributed by atoms with van der Waals surface area (Å²) in [6.45, 7) is 4.34.